The SMILES string of the molecule is CC(C)NC(=O)[C@@H](N)CC(=O)O. The second-order valence-corrected chi connectivity index (χ2v) is 2.87. The van der Waals surface area contributed by atoms with E-state index in [1.807, 2.05) is 0 Å². The van der Waals surface area contributed by atoms with Crippen LogP contribution in [-0.4, -0.2) is 29.1 Å². The minimum atomic E-state index is -1.07. The van der Waals surface area contributed by atoms with Crippen LogP contribution in [0.1, 0.15) is 20.3 Å². The molecule has 5 nitrogen and oxygen atoms in total. The summed E-state index contributed by atoms with van der Waals surface area (Å²) in [5, 5.41) is 10.8. The maximum absolute atomic E-state index is 11.0. The van der Waals surface area contributed by atoms with Crippen molar-refractivity contribution in [3.8, 4) is 0 Å². The second-order valence-electron chi connectivity index (χ2n) is 2.87. The Morgan fingerprint density at radius 3 is 2.33 bits per heavy atom. The Bertz CT molecular complexity index is 179. The van der Waals surface area contributed by atoms with Crippen LogP contribution >= 0.6 is 0 Å². The van der Waals surface area contributed by atoms with Crippen molar-refractivity contribution in [3.63, 3.8) is 0 Å². The molecule has 0 saturated heterocycles. The molecular weight excluding hydrogens is 160 g/mol. The zero-order chi connectivity index (χ0) is 9.72. The summed E-state index contributed by atoms with van der Waals surface area (Å²) < 4.78 is 0. The standard InChI is InChI=1S/C7H14N2O3/c1-4(2)9-7(12)5(8)3-6(10)11/h4-5H,3,8H2,1-2H3,(H,9,12)(H,10,11)/t5-/m0/s1. The van der Waals surface area contributed by atoms with Crippen molar-refractivity contribution in [2.75, 3.05) is 0 Å². The smallest absolute Gasteiger partial charge is 0.305 e. The molecule has 4 N–H and O–H groups in total. The van der Waals surface area contributed by atoms with Crippen LogP contribution < -0.4 is 11.1 Å². The summed E-state index contributed by atoms with van der Waals surface area (Å²) >= 11 is 0. The molecule has 0 aliphatic carbocycles. The largest absolute Gasteiger partial charge is 0.481 e. The first kappa shape index (κ1) is 10.9. The number of carboxylic acid groups (broad SMARTS) is 1. The Hall–Kier alpha value is -1.10. The number of hydrogen-bond donors (Lipinski definition) is 3. The molecule has 0 unspecified atom stereocenters. The minimum absolute atomic E-state index is 0.0163. The van der Waals surface area contributed by atoms with E-state index in [0.29, 0.717) is 0 Å². The van der Waals surface area contributed by atoms with Crippen molar-refractivity contribution in [1.82, 2.24) is 5.32 Å². The van der Waals surface area contributed by atoms with Crippen molar-refractivity contribution < 1.29 is 14.7 Å². The molecule has 0 fully saturated rings. The van der Waals surface area contributed by atoms with E-state index >= 15 is 0 Å². The van der Waals surface area contributed by atoms with Gasteiger partial charge >= 0.3 is 5.97 Å². The van der Waals surface area contributed by atoms with E-state index in [-0.39, 0.29) is 12.5 Å². The van der Waals surface area contributed by atoms with Crippen molar-refractivity contribution in [2.45, 2.75) is 32.4 Å². The summed E-state index contributed by atoms with van der Waals surface area (Å²) in [7, 11) is 0. The van der Waals surface area contributed by atoms with Crippen LogP contribution in [0.2, 0.25) is 0 Å². The highest BCUT2D eigenvalue weighted by Gasteiger charge is 2.16. The molecule has 12 heavy (non-hydrogen) atoms. The lowest BCUT2D eigenvalue weighted by Crippen LogP contribution is -2.44. The molecule has 5 heteroatoms. The van der Waals surface area contributed by atoms with Gasteiger partial charge in [-0.05, 0) is 13.8 Å². The normalized spacial score (nSPS) is 12.7. The number of carbonyl (C=O) groups excluding carboxylic acids is 1. The molecule has 0 aliphatic rings. The first-order valence-electron chi connectivity index (χ1n) is 3.71. The van der Waals surface area contributed by atoms with Crippen LogP contribution in [0.4, 0.5) is 0 Å². The lowest BCUT2D eigenvalue weighted by atomic mass is 10.2. The average molecular weight is 174 g/mol. The van der Waals surface area contributed by atoms with E-state index in [0.717, 1.165) is 0 Å². The number of carboxylic acids is 1. The van der Waals surface area contributed by atoms with Gasteiger partial charge in [0.25, 0.3) is 0 Å². The average Bonchev–Trinajstić information content (AvgIpc) is 1.84. The fraction of sp³-hybridized carbons (Fsp3) is 0.714. The lowest BCUT2D eigenvalue weighted by molar-refractivity contribution is -0.139. The summed E-state index contributed by atoms with van der Waals surface area (Å²) in [5.41, 5.74) is 5.27. The zero-order valence-electron chi connectivity index (χ0n) is 7.20. The molecule has 0 aliphatic heterocycles. The van der Waals surface area contributed by atoms with Gasteiger partial charge in [-0.25, -0.2) is 0 Å². The van der Waals surface area contributed by atoms with Gasteiger partial charge in [0, 0.05) is 6.04 Å². The first-order valence-corrected chi connectivity index (χ1v) is 3.71. The van der Waals surface area contributed by atoms with E-state index in [9.17, 15) is 9.59 Å². The highest BCUT2D eigenvalue weighted by molar-refractivity contribution is 5.85. The van der Waals surface area contributed by atoms with Crippen LogP contribution in [0, 0.1) is 0 Å². The molecule has 0 bridgehead atoms. The Labute approximate surface area is 70.9 Å². The van der Waals surface area contributed by atoms with Crippen LogP contribution in [0.3, 0.4) is 0 Å². The van der Waals surface area contributed by atoms with E-state index in [1.165, 1.54) is 0 Å². The number of nitrogens with two attached hydrogens (primary N) is 1. The summed E-state index contributed by atoms with van der Waals surface area (Å²) in [4.78, 5) is 21.1. The molecule has 0 spiro atoms. The van der Waals surface area contributed by atoms with Crippen molar-refractivity contribution in [3.05, 3.63) is 0 Å². The van der Waals surface area contributed by atoms with Gasteiger partial charge in [0.15, 0.2) is 0 Å². The van der Waals surface area contributed by atoms with E-state index in [4.69, 9.17) is 10.8 Å². The molecule has 70 valence electrons. The highest BCUT2D eigenvalue weighted by atomic mass is 16.4. The Kier molecular flexibility index (Phi) is 4.28. The van der Waals surface area contributed by atoms with E-state index in [1.54, 1.807) is 13.8 Å². The number of nitrogens with one attached hydrogen (secondary N) is 1. The van der Waals surface area contributed by atoms with E-state index < -0.39 is 17.9 Å². The number of rotatable bonds is 4. The van der Waals surface area contributed by atoms with E-state index in [2.05, 4.69) is 5.32 Å². The van der Waals surface area contributed by atoms with Gasteiger partial charge in [-0.1, -0.05) is 0 Å². The molecule has 0 aromatic rings. The van der Waals surface area contributed by atoms with Crippen molar-refractivity contribution in [2.24, 2.45) is 5.73 Å². The third-order valence-electron chi connectivity index (χ3n) is 1.16. The lowest BCUT2D eigenvalue weighted by Gasteiger charge is -2.12. The predicted octanol–water partition coefficient (Wildman–Crippen LogP) is -0.687. The van der Waals surface area contributed by atoms with Gasteiger partial charge in [-0.15, -0.1) is 0 Å². The predicted molar refractivity (Wildman–Crippen MR) is 43.5 cm³/mol. The fourth-order valence-electron chi connectivity index (χ4n) is 0.672. The molecule has 0 radical (unpaired) electrons. The number of carbonyl (C=O) groups is 2. The minimum Gasteiger partial charge on any atom is -0.481 e. The van der Waals surface area contributed by atoms with Crippen LogP contribution in [0.15, 0.2) is 0 Å². The van der Waals surface area contributed by atoms with Gasteiger partial charge in [0.2, 0.25) is 5.91 Å². The number of aliphatic carboxylic acids is 1. The molecule has 0 rings (SSSR count). The summed E-state index contributed by atoms with van der Waals surface area (Å²) in [6, 6.07) is -0.970. The summed E-state index contributed by atoms with van der Waals surface area (Å²) in [6.07, 6.45) is -0.335. The molecule has 0 heterocycles. The van der Waals surface area contributed by atoms with Crippen LogP contribution in [0.25, 0.3) is 0 Å². The zero-order valence-corrected chi connectivity index (χ0v) is 7.20. The van der Waals surface area contributed by atoms with Crippen LogP contribution in [-0.2, 0) is 9.59 Å². The van der Waals surface area contributed by atoms with Crippen molar-refractivity contribution in [1.29, 1.82) is 0 Å². The second kappa shape index (κ2) is 4.71. The molecule has 1 atom stereocenters. The molecular formula is C7H14N2O3. The summed E-state index contributed by atoms with van der Waals surface area (Å²) in [6.45, 7) is 3.57. The molecule has 1 amide bonds. The van der Waals surface area contributed by atoms with Crippen LogP contribution in [0.5, 0.6) is 0 Å². The van der Waals surface area contributed by atoms with Gasteiger partial charge in [-0.3, -0.25) is 9.59 Å². The van der Waals surface area contributed by atoms with Gasteiger partial charge in [0.05, 0.1) is 12.5 Å². The Balaban J connectivity index is 3.85. The summed E-state index contributed by atoms with van der Waals surface area (Å²) in [5.74, 6) is -1.49. The van der Waals surface area contributed by atoms with Gasteiger partial charge in [-0.2, -0.15) is 0 Å². The van der Waals surface area contributed by atoms with Gasteiger partial charge in [0.1, 0.15) is 0 Å². The Morgan fingerprint density at radius 2 is 2.00 bits per heavy atom. The third-order valence-corrected chi connectivity index (χ3v) is 1.16. The third kappa shape index (κ3) is 4.68. The molecule has 0 aromatic carbocycles. The first-order chi connectivity index (χ1) is 5.43. The topological polar surface area (TPSA) is 92.4 Å². The monoisotopic (exact) mass is 174 g/mol. The maximum Gasteiger partial charge on any atom is 0.305 e. The highest BCUT2D eigenvalue weighted by Crippen LogP contribution is 1.89. The molecule has 0 aromatic heterocycles. The quantitative estimate of drug-likeness (QED) is 0.526. The number of amides is 1. The number of hydrogen-bond acceptors (Lipinski definition) is 3. The Morgan fingerprint density at radius 1 is 1.50 bits per heavy atom. The fourth-order valence-corrected chi connectivity index (χ4v) is 0.672. The van der Waals surface area contributed by atoms with Crippen molar-refractivity contribution >= 4 is 11.9 Å². The van der Waals surface area contributed by atoms with Gasteiger partial charge < -0.3 is 16.2 Å². The maximum atomic E-state index is 11.0. The molecule has 0 saturated carbocycles.